The molecular weight excluding hydrogens is 274 g/mol. The van der Waals surface area contributed by atoms with Gasteiger partial charge in [0.15, 0.2) is 10.9 Å². The number of amides is 1. The van der Waals surface area contributed by atoms with Crippen LogP contribution in [0.15, 0.2) is 36.4 Å². The van der Waals surface area contributed by atoms with Gasteiger partial charge in [-0.15, -0.1) is 0 Å². The summed E-state index contributed by atoms with van der Waals surface area (Å²) in [5.74, 6) is 0.138. The molecule has 0 unspecified atom stereocenters. The van der Waals surface area contributed by atoms with Crippen LogP contribution in [-0.2, 0) is 14.4 Å². The van der Waals surface area contributed by atoms with E-state index in [0.29, 0.717) is 12.3 Å². The molecule has 106 valence electrons. The van der Waals surface area contributed by atoms with Gasteiger partial charge >= 0.3 is 0 Å². The highest BCUT2D eigenvalue weighted by atomic mass is 32.2. The average Bonchev–Trinajstić information content (AvgIpc) is 2.42. The van der Waals surface area contributed by atoms with Gasteiger partial charge < -0.3 is 5.32 Å². The summed E-state index contributed by atoms with van der Waals surface area (Å²) in [5, 5.41) is 2.41. The van der Waals surface area contributed by atoms with Crippen molar-refractivity contribution in [3.05, 3.63) is 42.0 Å². The Bertz CT molecular complexity index is 497. The minimum atomic E-state index is -0.217. The highest BCUT2D eigenvalue weighted by molar-refractivity contribution is 8.13. The van der Waals surface area contributed by atoms with Crippen LogP contribution in [0, 0.1) is 0 Å². The molecule has 0 radical (unpaired) electrons. The van der Waals surface area contributed by atoms with Crippen LogP contribution in [0.1, 0.15) is 18.9 Å². The van der Waals surface area contributed by atoms with Gasteiger partial charge in [0.1, 0.15) is 0 Å². The lowest BCUT2D eigenvalue weighted by Crippen LogP contribution is -2.22. The molecule has 1 rings (SSSR count). The second-order valence-electron chi connectivity index (χ2n) is 4.09. The highest BCUT2D eigenvalue weighted by Gasteiger charge is 2.07. The fraction of sp³-hybridized carbons (Fsp3) is 0.267. The predicted octanol–water partition coefficient (Wildman–Crippen LogP) is 2.05. The topological polar surface area (TPSA) is 63.2 Å². The Kier molecular flexibility index (Phi) is 7.35. The summed E-state index contributed by atoms with van der Waals surface area (Å²) >= 11 is 1.06. The van der Waals surface area contributed by atoms with Crippen LogP contribution < -0.4 is 5.32 Å². The van der Waals surface area contributed by atoms with E-state index >= 15 is 0 Å². The molecule has 4 nitrogen and oxygen atoms in total. The van der Waals surface area contributed by atoms with Crippen molar-refractivity contribution in [1.29, 1.82) is 0 Å². The molecule has 0 saturated carbocycles. The van der Waals surface area contributed by atoms with Crippen LogP contribution in [0.25, 0.3) is 6.08 Å². The molecule has 0 bridgehead atoms. The molecule has 0 fully saturated rings. The zero-order valence-electron chi connectivity index (χ0n) is 11.3. The molecule has 1 aromatic carbocycles. The van der Waals surface area contributed by atoms with Gasteiger partial charge in [0.05, 0.1) is 6.42 Å². The third-order valence-corrected chi connectivity index (χ3v) is 3.19. The third-order valence-electron chi connectivity index (χ3n) is 2.32. The summed E-state index contributed by atoms with van der Waals surface area (Å²) in [6.45, 7) is 1.85. The average molecular weight is 291 g/mol. The van der Waals surface area contributed by atoms with Gasteiger partial charge in [-0.2, -0.15) is 0 Å². The van der Waals surface area contributed by atoms with Crippen molar-refractivity contribution in [2.24, 2.45) is 0 Å². The zero-order valence-corrected chi connectivity index (χ0v) is 12.1. The zero-order chi connectivity index (χ0) is 14.8. The van der Waals surface area contributed by atoms with Crippen molar-refractivity contribution in [2.75, 3.05) is 12.3 Å². The van der Waals surface area contributed by atoms with Crippen molar-refractivity contribution < 1.29 is 14.4 Å². The number of rotatable bonds is 7. The summed E-state index contributed by atoms with van der Waals surface area (Å²) in [4.78, 5) is 33.7. The number of benzene rings is 1. The molecule has 0 aliphatic carbocycles. The minimum absolute atomic E-state index is 0.117. The maximum absolute atomic E-state index is 11.6. The Morgan fingerprint density at radius 1 is 1.20 bits per heavy atom. The fourth-order valence-corrected chi connectivity index (χ4v) is 2.07. The Morgan fingerprint density at radius 3 is 2.55 bits per heavy atom. The number of hydrogen-bond donors (Lipinski definition) is 1. The lowest BCUT2D eigenvalue weighted by Gasteiger charge is -2.00. The maximum atomic E-state index is 11.6. The summed E-state index contributed by atoms with van der Waals surface area (Å²) in [5.41, 5.74) is 0.923. The van der Waals surface area contributed by atoms with E-state index in [9.17, 15) is 14.4 Å². The largest absolute Gasteiger partial charge is 0.356 e. The van der Waals surface area contributed by atoms with Crippen LogP contribution in [0.5, 0.6) is 0 Å². The molecule has 20 heavy (non-hydrogen) atoms. The number of hydrogen-bond acceptors (Lipinski definition) is 4. The van der Waals surface area contributed by atoms with Crippen LogP contribution in [0.3, 0.4) is 0 Å². The molecule has 0 saturated heterocycles. The second-order valence-corrected chi connectivity index (χ2v) is 5.24. The summed E-state index contributed by atoms with van der Waals surface area (Å²) in [6.07, 6.45) is 2.99. The van der Waals surface area contributed by atoms with Gasteiger partial charge in [0.25, 0.3) is 0 Å². The van der Waals surface area contributed by atoms with Gasteiger partial charge in [-0.1, -0.05) is 48.2 Å². The molecule has 0 aliphatic heterocycles. The van der Waals surface area contributed by atoms with Crippen LogP contribution in [0.2, 0.25) is 0 Å². The first kappa shape index (κ1) is 16.2. The first-order chi connectivity index (χ1) is 9.58. The Labute approximate surface area is 122 Å². The monoisotopic (exact) mass is 291 g/mol. The first-order valence-electron chi connectivity index (χ1n) is 6.24. The second kappa shape index (κ2) is 9.09. The SMILES string of the molecule is CC(=O)NCCSC(=O)CC(=O)/C=C/c1ccccc1. The van der Waals surface area contributed by atoms with E-state index in [4.69, 9.17) is 0 Å². The van der Waals surface area contributed by atoms with E-state index in [-0.39, 0.29) is 23.2 Å². The van der Waals surface area contributed by atoms with Crippen molar-refractivity contribution in [2.45, 2.75) is 13.3 Å². The lowest BCUT2D eigenvalue weighted by molar-refractivity contribution is -0.120. The summed E-state index contributed by atoms with van der Waals surface area (Å²) in [6, 6.07) is 9.43. The molecule has 1 aromatic rings. The molecular formula is C15H17NO3S. The fourth-order valence-electron chi connectivity index (χ4n) is 1.40. The van der Waals surface area contributed by atoms with Gasteiger partial charge in [-0.3, -0.25) is 14.4 Å². The van der Waals surface area contributed by atoms with E-state index in [2.05, 4.69) is 5.32 Å². The number of carbonyl (C=O) groups excluding carboxylic acids is 3. The lowest BCUT2D eigenvalue weighted by atomic mass is 10.2. The van der Waals surface area contributed by atoms with E-state index in [1.165, 1.54) is 13.0 Å². The van der Waals surface area contributed by atoms with E-state index in [0.717, 1.165) is 17.3 Å². The number of nitrogens with one attached hydrogen (secondary N) is 1. The number of thioether (sulfide) groups is 1. The van der Waals surface area contributed by atoms with E-state index in [1.54, 1.807) is 6.08 Å². The van der Waals surface area contributed by atoms with Crippen LogP contribution in [-0.4, -0.2) is 29.1 Å². The van der Waals surface area contributed by atoms with Gasteiger partial charge in [0.2, 0.25) is 5.91 Å². The molecule has 0 spiro atoms. The third kappa shape index (κ3) is 7.53. The van der Waals surface area contributed by atoms with E-state index in [1.807, 2.05) is 30.3 Å². The van der Waals surface area contributed by atoms with Crippen LogP contribution >= 0.6 is 11.8 Å². The first-order valence-corrected chi connectivity index (χ1v) is 7.22. The van der Waals surface area contributed by atoms with Crippen molar-refractivity contribution >= 4 is 34.6 Å². The van der Waals surface area contributed by atoms with Crippen molar-refractivity contribution in [3.63, 3.8) is 0 Å². The Hall–Kier alpha value is -1.88. The number of allylic oxidation sites excluding steroid dienone is 1. The molecule has 0 heterocycles. The summed E-state index contributed by atoms with van der Waals surface area (Å²) < 4.78 is 0. The summed E-state index contributed by atoms with van der Waals surface area (Å²) in [7, 11) is 0. The van der Waals surface area contributed by atoms with Crippen molar-refractivity contribution in [3.8, 4) is 0 Å². The van der Waals surface area contributed by atoms with Crippen molar-refractivity contribution in [1.82, 2.24) is 5.32 Å². The number of ketones is 1. The Morgan fingerprint density at radius 2 is 1.90 bits per heavy atom. The molecule has 0 aromatic heterocycles. The highest BCUT2D eigenvalue weighted by Crippen LogP contribution is 2.07. The van der Waals surface area contributed by atoms with Gasteiger partial charge in [-0.25, -0.2) is 0 Å². The normalized spacial score (nSPS) is 10.4. The molecule has 0 aliphatic rings. The van der Waals surface area contributed by atoms with Gasteiger partial charge in [-0.05, 0) is 11.6 Å². The molecule has 1 N–H and O–H groups in total. The standard InChI is InChI=1S/C15H17NO3S/c1-12(17)16-9-10-20-15(19)11-14(18)8-7-13-5-3-2-4-6-13/h2-8H,9-11H2,1H3,(H,16,17)/b8-7+. The van der Waals surface area contributed by atoms with Gasteiger partial charge in [0, 0.05) is 19.2 Å². The quantitative estimate of drug-likeness (QED) is 0.474. The molecule has 1 amide bonds. The predicted molar refractivity (Wildman–Crippen MR) is 81.2 cm³/mol. The smallest absolute Gasteiger partial charge is 0.216 e. The van der Waals surface area contributed by atoms with E-state index < -0.39 is 0 Å². The Balaban J connectivity index is 2.26. The maximum Gasteiger partial charge on any atom is 0.216 e. The molecule has 5 heteroatoms. The molecule has 0 atom stereocenters. The minimum Gasteiger partial charge on any atom is -0.356 e. The number of carbonyl (C=O) groups is 3. The van der Waals surface area contributed by atoms with Crippen LogP contribution in [0.4, 0.5) is 0 Å².